The van der Waals surface area contributed by atoms with Crippen molar-refractivity contribution in [2.75, 3.05) is 12.3 Å². The van der Waals surface area contributed by atoms with E-state index in [9.17, 15) is 4.79 Å². The number of nitrogens with two attached hydrogens (primary N) is 1. The second-order valence-corrected chi connectivity index (χ2v) is 3.60. The highest BCUT2D eigenvalue weighted by atomic mass is 16.1. The number of carbonyl (C=O) groups is 1. The van der Waals surface area contributed by atoms with Crippen molar-refractivity contribution >= 4 is 22.4 Å². The van der Waals surface area contributed by atoms with Crippen molar-refractivity contribution in [2.24, 2.45) is 0 Å². The Morgan fingerprint density at radius 1 is 1.47 bits per heavy atom. The molecule has 86 valence electrons. The summed E-state index contributed by atoms with van der Waals surface area (Å²) in [6.45, 7) is 3.95. The van der Waals surface area contributed by atoms with Crippen LogP contribution in [0, 0.1) is 0 Å². The Morgan fingerprint density at radius 2 is 2.29 bits per heavy atom. The number of nitrogens with zero attached hydrogens (tertiary/aromatic N) is 1. The van der Waals surface area contributed by atoms with Crippen LogP contribution in [0.25, 0.3) is 10.8 Å². The van der Waals surface area contributed by atoms with Crippen LogP contribution in [0.3, 0.4) is 0 Å². The van der Waals surface area contributed by atoms with E-state index in [0.717, 1.165) is 5.39 Å². The van der Waals surface area contributed by atoms with E-state index in [-0.39, 0.29) is 5.91 Å². The predicted octanol–water partition coefficient (Wildman–Crippen LogP) is 1.73. The van der Waals surface area contributed by atoms with E-state index in [1.165, 1.54) is 0 Å². The minimum absolute atomic E-state index is 0.242. The van der Waals surface area contributed by atoms with Crippen molar-refractivity contribution in [1.82, 2.24) is 10.3 Å². The van der Waals surface area contributed by atoms with Crippen LogP contribution in [-0.4, -0.2) is 17.4 Å². The summed E-state index contributed by atoms with van der Waals surface area (Å²) in [6, 6.07) is 7.34. The molecule has 1 aromatic carbocycles. The van der Waals surface area contributed by atoms with Gasteiger partial charge in [0.2, 0.25) is 0 Å². The summed E-state index contributed by atoms with van der Waals surface area (Å²) in [7, 11) is 0. The molecule has 0 bridgehead atoms. The molecule has 1 aromatic heterocycles. The van der Waals surface area contributed by atoms with Gasteiger partial charge in [0.05, 0.1) is 0 Å². The molecule has 0 spiro atoms. The number of anilines is 1. The van der Waals surface area contributed by atoms with Crippen molar-refractivity contribution < 1.29 is 4.79 Å². The van der Waals surface area contributed by atoms with Crippen LogP contribution in [0.2, 0.25) is 0 Å². The van der Waals surface area contributed by atoms with Crippen LogP contribution in [0.15, 0.2) is 43.1 Å². The van der Waals surface area contributed by atoms with Crippen LogP contribution >= 0.6 is 0 Å². The van der Waals surface area contributed by atoms with Crippen molar-refractivity contribution in [3.05, 3.63) is 48.8 Å². The molecule has 1 heterocycles. The van der Waals surface area contributed by atoms with Gasteiger partial charge in [-0.2, -0.15) is 0 Å². The zero-order valence-corrected chi connectivity index (χ0v) is 9.31. The summed E-state index contributed by atoms with van der Waals surface area (Å²) < 4.78 is 0. The Balaban J connectivity index is 2.53. The summed E-state index contributed by atoms with van der Waals surface area (Å²) in [5, 5.41) is 4.29. The molecule has 0 aliphatic rings. The minimum atomic E-state index is -0.242. The summed E-state index contributed by atoms with van der Waals surface area (Å²) >= 11 is 0. The molecular formula is C13H13N3O. The van der Waals surface area contributed by atoms with Crippen molar-refractivity contribution in [2.45, 2.75) is 0 Å². The molecule has 2 aromatic rings. The predicted molar refractivity (Wildman–Crippen MR) is 68.7 cm³/mol. The molecule has 0 aliphatic carbocycles. The molecule has 0 fully saturated rings. The highest BCUT2D eigenvalue weighted by Gasteiger charge is 2.12. The van der Waals surface area contributed by atoms with Crippen molar-refractivity contribution in [1.29, 1.82) is 0 Å². The Labute approximate surface area is 99.2 Å². The monoisotopic (exact) mass is 227 g/mol. The highest BCUT2D eigenvalue weighted by Crippen LogP contribution is 2.23. The lowest BCUT2D eigenvalue weighted by molar-refractivity contribution is 0.0955. The van der Waals surface area contributed by atoms with E-state index in [2.05, 4.69) is 16.9 Å². The molecule has 3 N–H and O–H groups in total. The molecule has 0 saturated carbocycles. The number of aromatic nitrogens is 1. The minimum Gasteiger partial charge on any atom is -0.398 e. The normalized spacial score (nSPS) is 10.1. The lowest BCUT2D eigenvalue weighted by Gasteiger charge is -2.07. The lowest BCUT2D eigenvalue weighted by atomic mass is 10.1. The quantitative estimate of drug-likeness (QED) is 0.620. The fraction of sp³-hybridized carbons (Fsp3) is 0.0769. The van der Waals surface area contributed by atoms with E-state index in [1.54, 1.807) is 18.3 Å². The first kappa shape index (κ1) is 11.1. The fourth-order valence-electron chi connectivity index (χ4n) is 1.68. The SMILES string of the molecule is C=CCNC(=O)c1nccc2cccc(N)c12. The average Bonchev–Trinajstić information content (AvgIpc) is 2.35. The van der Waals surface area contributed by atoms with Gasteiger partial charge in [-0.1, -0.05) is 18.2 Å². The van der Waals surface area contributed by atoms with Gasteiger partial charge in [0, 0.05) is 23.8 Å². The zero-order valence-electron chi connectivity index (χ0n) is 9.31. The first-order valence-electron chi connectivity index (χ1n) is 5.26. The van der Waals surface area contributed by atoms with E-state index in [4.69, 9.17) is 5.73 Å². The maximum atomic E-state index is 11.9. The number of hydrogen-bond acceptors (Lipinski definition) is 3. The highest BCUT2D eigenvalue weighted by molar-refractivity contribution is 6.09. The number of fused-ring (bicyclic) bond motifs is 1. The Bertz CT molecular complexity index is 573. The molecule has 0 atom stereocenters. The van der Waals surface area contributed by atoms with E-state index in [0.29, 0.717) is 23.3 Å². The largest absolute Gasteiger partial charge is 0.398 e. The topological polar surface area (TPSA) is 68.0 Å². The zero-order chi connectivity index (χ0) is 12.3. The number of nitrogens with one attached hydrogen (secondary N) is 1. The number of hydrogen-bond donors (Lipinski definition) is 2. The lowest BCUT2D eigenvalue weighted by Crippen LogP contribution is -2.24. The Morgan fingerprint density at radius 3 is 3.06 bits per heavy atom. The van der Waals surface area contributed by atoms with Crippen molar-refractivity contribution in [3.8, 4) is 0 Å². The number of rotatable bonds is 3. The van der Waals surface area contributed by atoms with Gasteiger partial charge in [0.25, 0.3) is 5.91 Å². The van der Waals surface area contributed by atoms with Gasteiger partial charge in [-0.15, -0.1) is 6.58 Å². The summed E-state index contributed by atoms with van der Waals surface area (Å²) in [4.78, 5) is 16.0. The molecule has 0 aliphatic heterocycles. The van der Waals surface area contributed by atoms with Crippen LogP contribution in [-0.2, 0) is 0 Å². The number of benzene rings is 1. The third-order valence-electron chi connectivity index (χ3n) is 2.45. The fourth-order valence-corrected chi connectivity index (χ4v) is 1.68. The number of pyridine rings is 1. The van der Waals surface area contributed by atoms with Crippen LogP contribution in [0.4, 0.5) is 5.69 Å². The van der Waals surface area contributed by atoms with Crippen LogP contribution in [0.1, 0.15) is 10.5 Å². The molecule has 0 saturated heterocycles. The summed E-state index contributed by atoms with van der Waals surface area (Å²) in [6.07, 6.45) is 3.22. The van der Waals surface area contributed by atoms with Gasteiger partial charge in [-0.25, -0.2) is 0 Å². The maximum absolute atomic E-state index is 11.9. The molecule has 17 heavy (non-hydrogen) atoms. The Hall–Kier alpha value is -2.36. The van der Waals surface area contributed by atoms with Gasteiger partial charge in [-0.3, -0.25) is 9.78 Å². The van der Waals surface area contributed by atoms with Crippen molar-refractivity contribution in [3.63, 3.8) is 0 Å². The first-order chi connectivity index (χ1) is 8.24. The van der Waals surface area contributed by atoms with Gasteiger partial charge < -0.3 is 11.1 Å². The second-order valence-electron chi connectivity index (χ2n) is 3.60. The summed E-state index contributed by atoms with van der Waals surface area (Å²) in [5.74, 6) is -0.242. The van der Waals surface area contributed by atoms with Crippen LogP contribution < -0.4 is 11.1 Å². The maximum Gasteiger partial charge on any atom is 0.270 e. The molecule has 4 nitrogen and oxygen atoms in total. The third kappa shape index (κ3) is 2.10. The molecule has 1 amide bonds. The molecule has 2 rings (SSSR count). The number of carbonyl (C=O) groups excluding carboxylic acids is 1. The van der Waals surface area contributed by atoms with Gasteiger partial charge in [0.15, 0.2) is 0 Å². The van der Waals surface area contributed by atoms with E-state index < -0.39 is 0 Å². The molecule has 4 heteroatoms. The first-order valence-corrected chi connectivity index (χ1v) is 5.26. The second kappa shape index (κ2) is 4.65. The standard InChI is InChI=1S/C13H13N3O/c1-2-7-16-13(17)12-11-9(6-8-15-12)4-3-5-10(11)14/h2-6,8H,1,7,14H2,(H,16,17). The number of nitrogen functional groups attached to an aromatic ring is 1. The average molecular weight is 227 g/mol. The van der Waals surface area contributed by atoms with Gasteiger partial charge >= 0.3 is 0 Å². The van der Waals surface area contributed by atoms with E-state index in [1.807, 2.05) is 18.2 Å². The Kier molecular flexibility index (Phi) is 3.05. The summed E-state index contributed by atoms with van der Waals surface area (Å²) in [5.41, 5.74) is 6.79. The molecule has 0 radical (unpaired) electrons. The van der Waals surface area contributed by atoms with Gasteiger partial charge in [-0.05, 0) is 17.5 Å². The molecular weight excluding hydrogens is 214 g/mol. The third-order valence-corrected chi connectivity index (χ3v) is 2.45. The molecule has 0 unspecified atom stereocenters. The smallest absolute Gasteiger partial charge is 0.270 e. The van der Waals surface area contributed by atoms with Gasteiger partial charge in [0.1, 0.15) is 5.69 Å². The van der Waals surface area contributed by atoms with E-state index >= 15 is 0 Å². The number of amides is 1. The van der Waals surface area contributed by atoms with Crippen LogP contribution in [0.5, 0.6) is 0 Å².